The number of fused-ring (bicyclic) bond motifs is 5. The van der Waals surface area contributed by atoms with Crippen molar-refractivity contribution >= 4 is 31.6 Å². The monoisotopic (exact) mass is 640 g/mol. The smallest absolute Gasteiger partial charge is 0.307 e. The number of hydrogen-bond acceptors (Lipinski definition) is 7. The van der Waals surface area contributed by atoms with Crippen molar-refractivity contribution in [2.75, 3.05) is 12.3 Å². The number of aliphatic carboxylic acids is 2. The molecule has 0 aliphatic heterocycles. The third kappa shape index (κ3) is 7.28. The standard InChI is InChI=1S/C33H53O10P/c1-20(6-11-29(36)37)25-9-10-26-24-8-7-22-17-23(12-14-32(22,2)27(24)18-28(35)33(25,26)3)43-30(38)13-16-44(41,42)19-21(31(39)40)5-4-15-34/h15,20-28,35H,4-14,16-19H2,1-3H3,(H,36,37)(H,39,40)(H,41,42)/t20-,21?,22-,23-,24?,25?,26?,27?,28+,32+,33-/m1/s1. The van der Waals surface area contributed by atoms with Crippen LogP contribution < -0.4 is 0 Å². The number of carbonyl (C=O) groups is 4. The first kappa shape index (κ1) is 35.1. The summed E-state index contributed by atoms with van der Waals surface area (Å²) in [6, 6.07) is 0. The Morgan fingerprint density at radius 3 is 2.39 bits per heavy atom. The van der Waals surface area contributed by atoms with Crippen LogP contribution >= 0.6 is 7.37 Å². The van der Waals surface area contributed by atoms with E-state index in [0.29, 0.717) is 48.7 Å². The van der Waals surface area contributed by atoms with Crippen molar-refractivity contribution in [2.45, 2.75) is 116 Å². The van der Waals surface area contributed by atoms with Gasteiger partial charge in [-0.2, -0.15) is 0 Å². The minimum Gasteiger partial charge on any atom is -0.481 e. The molecule has 0 bridgehead atoms. The van der Waals surface area contributed by atoms with Crippen LogP contribution in [0, 0.1) is 52.3 Å². The molecule has 0 aromatic rings. The van der Waals surface area contributed by atoms with E-state index in [2.05, 4.69) is 20.8 Å². The predicted molar refractivity (Wildman–Crippen MR) is 163 cm³/mol. The zero-order valence-corrected chi connectivity index (χ0v) is 27.5. The van der Waals surface area contributed by atoms with E-state index >= 15 is 0 Å². The lowest BCUT2D eigenvalue weighted by atomic mass is 9.43. The SMILES string of the molecule is C[C@H](CCC(=O)O)C1CCC2C3CC[C@@H]4C[C@H](OC(=O)CCP(=O)(O)CC(CCC=O)C(=O)O)CC[C@]4(C)C3C[C@H](O)[C@@]21C. The van der Waals surface area contributed by atoms with E-state index in [1.165, 1.54) is 0 Å². The first-order chi connectivity index (χ1) is 20.6. The summed E-state index contributed by atoms with van der Waals surface area (Å²) in [7, 11) is -3.89. The highest BCUT2D eigenvalue weighted by Crippen LogP contribution is 2.68. The fourth-order valence-electron chi connectivity index (χ4n) is 10.3. The summed E-state index contributed by atoms with van der Waals surface area (Å²) in [6.45, 7) is 6.77. The Bertz CT molecular complexity index is 1130. The molecule has 11 heteroatoms. The minimum absolute atomic E-state index is 0.00433. The molecule has 0 aromatic carbocycles. The summed E-state index contributed by atoms with van der Waals surface area (Å²) in [5, 5.41) is 30.3. The van der Waals surface area contributed by atoms with Crippen LogP contribution in [-0.2, 0) is 28.5 Å². The van der Waals surface area contributed by atoms with Crippen molar-refractivity contribution < 1.29 is 48.7 Å². The highest BCUT2D eigenvalue weighted by molar-refractivity contribution is 7.58. The maximum absolute atomic E-state index is 12.7. The van der Waals surface area contributed by atoms with Gasteiger partial charge in [0, 0.05) is 25.2 Å². The van der Waals surface area contributed by atoms with Crippen LogP contribution in [0.3, 0.4) is 0 Å². The van der Waals surface area contributed by atoms with Crippen molar-refractivity contribution in [2.24, 2.45) is 52.3 Å². The van der Waals surface area contributed by atoms with Crippen molar-refractivity contribution in [1.82, 2.24) is 0 Å². The second kappa shape index (κ2) is 13.9. The number of ether oxygens (including phenoxy) is 1. The summed E-state index contributed by atoms with van der Waals surface area (Å²) < 4.78 is 18.4. The van der Waals surface area contributed by atoms with E-state index in [0.717, 1.165) is 44.9 Å². The molecule has 0 spiro atoms. The number of carbonyl (C=O) groups excluding carboxylic acids is 2. The average Bonchev–Trinajstić information content (AvgIpc) is 3.32. The molecule has 12 atom stereocenters. The first-order valence-corrected chi connectivity index (χ1v) is 18.7. The number of aldehydes is 1. The molecule has 0 amide bonds. The minimum atomic E-state index is -3.89. The molecule has 0 saturated heterocycles. The van der Waals surface area contributed by atoms with Gasteiger partial charge in [0.05, 0.1) is 18.4 Å². The molecule has 0 heterocycles. The van der Waals surface area contributed by atoms with Gasteiger partial charge in [0.25, 0.3) is 0 Å². The second-order valence-electron chi connectivity index (χ2n) is 15.0. The molecule has 4 rings (SSSR count). The number of carboxylic acids is 2. The lowest BCUT2D eigenvalue weighted by molar-refractivity contribution is -0.181. The van der Waals surface area contributed by atoms with Gasteiger partial charge in [0.1, 0.15) is 12.4 Å². The van der Waals surface area contributed by atoms with Crippen molar-refractivity contribution in [3.63, 3.8) is 0 Å². The summed E-state index contributed by atoms with van der Waals surface area (Å²) in [6.07, 6.45) is 6.95. The largest absolute Gasteiger partial charge is 0.481 e. The molecule has 0 radical (unpaired) electrons. The molecular weight excluding hydrogens is 587 g/mol. The molecule has 0 aromatic heterocycles. The first-order valence-electron chi connectivity index (χ1n) is 16.7. The Balaban J connectivity index is 1.33. The van der Waals surface area contributed by atoms with Gasteiger partial charge in [0.15, 0.2) is 0 Å². The highest BCUT2D eigenvalue weighted by atomic mass is 31.2. The molecule has 10 nitrogen and oxygen atoms in total. The Kier molecular flexibility index (Phi) is 11.1. The molecule has 250 valence electrons. The van der Waals surface area contributed by atoms with E-state index < -0.39 is 43.5 Å². The van der Waals surface area contributed by atoms with Gasteiger partial charge in [-0.1, -0.05) is 20.8 Å². The zero-order valence-electron chi connectivity index (χ0n) is 26.6. The third-order valence-electron chi connectivity index (χ3n) is 12.7. The number of hydrogen-bond donors (Lipinski definition) is 4. The van der Waals surface area contributed by atoms with E-state index in [4.69, 9.17) is 4.74 Å². The van der Waals surface area contributed by atoms with Crippen molar-refractivity contribution in [3.05, 3.63) is 0 Å². The number of carboxylic acid groups (broad SMARTS) is 2. The second-order valence-corrected chi connectivity index (χ2v) is 17.5. The van der Waals surface area contributed by atoms with Crippen LogP contribution in [0.15, 0.2) is 0 Å². The van der Waals surface area contributed by atoms with Gasteiger partial charge in [0.2, 0.25) is 7.37 Å². The predicted octanol–water partition coefficient (Wildman–Crippen LogP) is 5.37. The Morgan fingerprint density at radius 2 is 1.73 bits per heavy atom. The Morgan fingerprint density at radius 1 is 1.00 bits per heavy atom. The normalized spacial score (nSPS) is 39.1. The summed E-state index contributed by atoms with van der Waals surface area (Å²) >= 11 is 0. The lowest BCUT2D eigenvalue weighted by Gasteiger charge is -2.62. The highest BCUT2D eigenvalue weighted by Gasteiger charge is 2.63. The molecular formula is C33H53O10P. The average molecular weight is 641 g/mol. The van der Waals surface area contributed by atoms with Crippen LogP contribution in [0.1, 0.15) is 104 Å². The van der Waals surface area contributed by atoms with Crippen LogP contribution in [0.25, 0.3) is 0 Å². The molecule has 4 saturated carbocycles. The topological polar surface area (TPSA) is 175 Å². The Hall–Kier alpha value is -1.77. The Labute approximate surface area is 261 Å². The zero-order chi connectivity index (χ0) is 32.4. The molecule has 6 unspecified atom stereocenters. The molecule has 4 aliphatic rings. The fourth-order valence-corrected chi connectivity index (χ4v) is 12.1. The van der Waals surface area contributed by atoms with Gasteiger partial charge in [-0.25, -0.2) is 0 Å². The summed E-state index contributed by atoms with van der Waals surface area (Å²) in [4.78, 5) is 56.3. The van der Waals surface area contributed by atoms with E-state index in [-0.39, 0.29) is 54.7 Å². The third-order valence-corrected chi connectivity index (χ3v) is 14.7. The van der Waals surface area contributed by atoms with E-state index in [9.17, 15) is 44.0 Å². The molecule has 4 aliphatic carbocycles. The summed E-state index contributed by atoms with van der Waals surface area (Å²) in [5.41, 5.74) is -0.157. The van der Waals surface area contributed by atoms with Crippen LogP contribution in [0.5, 0.6) is 0 Å². The van der Waals surface area contributed by atoms with Crippen LogP contribution in [-0.4, -0.2) is 68.9 Å². The number of esters is 1. The number of rotatable bonds is 14. The van der Waals surface area contributed by atoms with Gasteiger partial charge < -0.3 is 29.7 Å². The number of aliphatic hydroxyl groups excluding tert-OH is 1. The van der Waals surface area contributed by atoms with Gasteiger partial charge >= 0.3 is 17.9 Å². The van der Waals surface area contributed by atoms with Gasteiger partial charge in [-0.3, -0.25) is 18.9 Å². The van der Waals surface area contributed by atoms with E-state index in [1.54, 1.807) is 0 Å². The molecule has 44 heavy (non-hydrogen) atoms. The molecule has 4 N–H and O–H groups in total. The maximum Gasteiger partial charge on any atom is 0.307 e. The molecule has 4 fully saturated rings. The van der Waals surface area contributed by atoms with Crippen molar-refractivity contribution in [1.29, 1.82) is 0 Å². The summed E-state index contributed by atoms with van der Waals surface area (Å²) in [5.74, 6) is -1.36. The van der Waals surface area contributed by atoms with Crippen LogP contribution in [0.4, 0.5) is 0 Å². The quantitative estimate of drug-likeness (QED) is 0.110. The van der Waals surface area contributed by atoms with Gasteiger partial charge in [-0.05, 0) is 111 Å². The van der Waals surface area contributed by atoms with Crippen molar-refractivity contribution in [3.8, 4) is 0 Å². The number of aliphatic hydroxyl groups is 1. The lowest BCUT2D eigenvalue weighted by Crippen LogP contribution is -2.59. The van der Waals surface area contributed by atoms with Gasteiger partial charge in [-0.15, -0.1) is 0 Å². The van der Waals surface area contributed by atoms with Crippen LogP contribution in [0.2, 0.25) is 0 Å². The fraction of sp³-hybridized carbons (Fsp3) is 0.879. The maximum atomic E-state index is 12.7. The van der Waals surface area contributed by atoms with E-state index in [1.807, 2.05) is 0 Å².